The van der Waals surface area contributed by atoms with Crippen LogP contribution >= 0.6 is 0 Å². The molecule has 0 aliphatic heterocycles. The first-order chi connectivity index (χ1) is 11.1. The summed E-state index contributed by atoms with van der Waals surface area (Å²) in [6, 6.07) is 14.7. The van der Waals surface area contributed by atoms with Gasteiger partial charge in [-0.2, -0.15) is 0 Å². The zero-order chi connectivity index (χ0) is 16.0. The minimum absolute atomic E-state index is 0.0483. The first-order valence-electron chi connectivity index (χ1n) is 6.93. The molecule has 112 valence electrons. The second-order valence-corrected chi connectivity index (χ2v) is 5.08. The Morgan fingerprint density at radius 1 is 0.783 bits per heavy atom. The summed E-state index contributed by atoms with van der Waals surface area (Å²) in [5.41, 5.74) is -0.461. The summed E-state index contributed by atoms with van der Waals surface area (Å²) in [7, 11) is 0. The number of fused-ring (bicyclic) bond motifs is 2. The second-order valence-electron chi connectivity index (χ2n) is 5.08. The fourth-order valence-corrected chi connectivity index (χ4v) is 2.69. The normalized spacial score (nSPS) is 11.1. The highest BCUT2D eigenvalue weighted by molar-refractivity contribution is 5.98. The van der Waals surface area contributed by atoms with Crippen molar-refractivity contribution in [3.63, 3.8) is 0 Å². The molecule has 0 saturated heterocycles. The molecular formula is C18H10O5. The molecule has 1 N–H and O–H groups in total. The van der Waals surface area contributed by atoms with Crippen molar-refractivity contribution in [2.75, 3.05) is 0 Å². The topological polar surface area (TPSA) is 80.6 Å². The van der Waals surface area contributed by atoms with Crippen molar-refractivity contribution in [3.8, 4) is 16.9 Å². The van der Waals surface area contributed by atoms with Crippen LogP contribution in [0, 0.1) is 0 Å². The van der Waals surface area contributed by atoms with Crippen LogP contribution in [0.25, 0.3) is 33.1 Å². The smallest absolute Gasteiger partial charge is 0.348 e. The Balaban J connectivity index is 2.19. The number of hydrogen-bond acceptors (Lipinski definition) is 5. The molecule has 0 saturated carbocycles. The van der Waals surface area contributed by atoms with E-state index >= 15 is 0 Å². The van der Waals surface area contributed by atoms with Crippen molar-refractivity contribution in [2.45, 2.75) is 0 Å². The summed E-state index contributed by atoms with van der Waals surface area (Å²) < 4.78 is 10.4. The van der Waals surface area contributed by atoms with Crippen molar-refractivity contribution >= 4 is 21.9 Å². The molecular weight excluding hydrogens is 296 g/mol. The van der Waals surface area contributed by atoms with Crippen LogP contribution in [0.3, 0.4) is 0 Å². The van der Waals surface area contributed by atoms with E-state index in [2.05, 4.69) is 0 Å². The average molecular weight is 306 g/mol. The minimum atomic E-state index is -0.711. The van der Waals surface area contributed by atoms with Gasteiger partial charge in [0.15, 0.2) is 0 Å². The standard InChI is InChI=1S/C18H10O5/c19-15-9-12(10-5-1-3-7-13(10)22-15)16-17(20)11-6-2-4-8-14(11)23-18(16)21/h1-9,20H. The maximum Gasteiger partial charge on any atom is 0.348 e. The van der Waals surface area contributed by atoms with E-state index in [4.69, 9.17) is 8.83 Å². The largest absolute Gasteiger partial charge is 0.506 e. The third kappa shape index (κ3) is 2.02. The van der Waals surface area contributed by atoms with Crippen LogP contribution in [-0.2, 0) is 0 Å². The highest BCUT2D eigenvalue weighted by Crippen LogP contribution is 2.35. The van der Waals surface area contributed by atoms with E-state index in [0.717, 1.165) is 0 Å². The molecule has 0 atom stereocenters. The van der Waals surface area contributed by atoms with Gasteiger partial charge in [-0.25, -0.2) is 9.59 Å². The van der Waals surface area contributed by atoms with Crippen molar-refractivity contribution in [3.05, 3.63) is 75.4 Å². The number of benzene rings is 2. The van der Waals surface area contributed by atoms with Crippen LogP contribution in [-0.4, -0.2) is 5.11 Å². The zero-order valence-corrected chi connectivity index (χ0v) is 11.8. The molecule has 2 heterocycles. The third-order valence-electron chi connectivity index (χ3n) is 3.71. The van der Waals surface area contributed by atoms with Crippen LogP contribution in [0.4, 0.5) is 0 Å². The molecule has 0 aliphatic rings. The first-order valence-corrected chi connectivity index (χ1v) is 6.93. The second kappa shape index (κ2) is 4.84. The number of rotatable bonds is 1. The minimum Gasteiger partial charge on any atom is -0.506 e. The maximum absolute atomic E-state index is 12.4. The number of para-hydroxylation sites is 2. The van der Waals surface area contributed by atoms with Crippen molar-refractivity contribution in [2.24, 2.45) is 0 Å². The average Bonchev–Trinajstić information content (AvgIpc) is 2.54. The van der Waals surface area contributed by atoms with Gasteiger partial charge in [0.05, 0.1) is 5.39 Å². The van der Waals surface area contributed by atoms with Crippen molar-refractivity contribution < 1.29 is 13.9 Å². The summed E-state index contributed by atoms with van der Waals surface area (Å²) in [4.78, 5) is 24.1. The van der Waals surface area contributed by atoms with Gasteiger partial charge in [-0.3, -0.25) is 0 Å². The van der Waals surface area contributed by atoms with E-state index in [-0.39, 0.29) is 22.5 Å². The van der Waals surface area contributed by atoms with Gasteiger partial charge in [0.1, 0.15) is 22.5 Å². The molecule has 23 heavy (non-hydrogen) atoms. The monoisotopic (exact) mass is 306 g/mol. The molecule has 5 heteroatoms. The predicted molar refractivity (Wildman–Crippen MR) is 85.6 cm³/mol. The van der Waals surface area contributed by atoms with Gasteiger partial charge >= 0.3 is 11.3 Å². The van der Waals surface area contributed by atoms with E-state index in [0.29, 0.717) is 16.4 Å². The van der Waals surface area contributed by atoms with Crippen molar-refractivity contribution in [1.29, 1.82) is 0 Å². The van der Waals surface area contributed by atoms with Crippen LogP contribution in [0.15, 0.2) is 73.0 Å². The molecule has 0 aliphatic carbocycles. The Labute approximate surface area is 129 Å². The molecule has 5 nitrogen and oxygen atoms in total. The Bertz CT molecular complexity index is 1170. The van der Waals surface area contributed by atoms with Gasteiger partial charge in [0, 0.05) is 17.0 Å². The van der Waals surface area contributed by atoms with Crippen LogP contribution in [0.2, 0.25) is 0 Å². The molecule has 0 radical (unpaired) electrons. The van der Waals surface area contributed by atoms with Crippen LogP contribution < -0.4 is 11.3 Å². The van der Waals surface area contributed by atoms with E-state index in [9.17, 15) is 14.7 Å². The summed E-state index contributed by atoms with van der Waals surface area (Å²) in [6.45, 7) is 0. The number of hydrogen-bond donors (Lipinski definition) is 1. The SMILES string of the molecule is O=c1cc(-c2c(O)c3ccccc3oc2=O)c2ccccc2o1. The summed E-state index contributed by atoms with van der Waals surface area (Å²) >= 11 is 0. The molecule has 4 aromatic rings. The fraction of sp³-hybridized carbons (Fsp3) is 0. The van der Waals surface area contributed by atoms with E-state index in [1.807, 2.05) is 0 Å². The first kappa shape index (κ1) is 13.3. The van der Waals surface area contributed by atoms with Gasteiger partial charge in [-0.15, -0.1) is 0 Å². The predicted octanol–water partition coefficient (Wildman–Crippen LogP) is 3.27. The molecule has 2 aromatic carbocycles. The quantitative estimate of drug-likeness (QED) is 0.546. The lowest BCUT2D eigenvalue weighted by Gasteiger charge is -2.08. The zero-order valence-electron chi connectivity index (χ0n) is 11.8. The number of aromatic hydroxyl groups is 1. The highest BCUT2D eigenvalue weighted by Gasteiger charge is 2.19. The van der Waals surface area contributed by atoms with Gasteiger partial charge in [0.2, 0.25) is 0 Å². The van der Waals surface area contributed by atoms with E-state index < -0.39 is 11.3 Å². The third-order valence-corrected chi connectivity index (χ3v) is 3.71. The van der Waals surface area contributed by atoms with E-state index in [1.165, 1.54) is 6.07 Å². The lowest BCUT2D eigenvalue weighted by molar-refractivity contribution is 0.471. The highest BCUT2D eigenvalue weighted by atomic mass is 16.4. The maximum atomic E-state index is 12.4. The Hall–Kier alpha value is -3.34. The summed E-state index contributed by atoms with van der Waals surface area (Å²) in [5, 5.41) is 11.5. The molecule has 0 spiro atoms. The van der Waals surface area contributed by atoms with Gasteiger partial charge in [-0.1, -0.05) is 30.3 Å². The fourth-order valence-electron chi connectivity index (χ4n) is 2.69. The summed E-state index contributed by atoms with van der Waals surface area (Å²) in [6.07, 6.45) is 0. The lowest BCUT2D eigenvalue weighted by Crippen LogP contribution is -2.07. The molecule has 0 fully saturated rings. The lowest BCUT2D eigenvalue weighted by atomic mass is 10.0. The Morgan fingerprint density at radius 2 is 1.39 bits per heavy atom. The van der Waals surface area contributed by atoms with Crippen LogP contribution in [0.1, 0.15) is 0 Å². The Morgan fingerprint density at radius 3 is 2.13 bits per heavy atom. The Kier molecular flexibility index (Phi) is 2.81. The van der Waals surface area contributed by atoms with Crippen LogP contribution in [0.5, 0.6) is 5.75 Å². The molecule has 0 amide bonds. The van der Waals surface area contributed by atoms with E-state index in [1.54, 1.807) is 48.5 Å². The molecule has 0 bridgehead atoms. The van der Waals surface area contributed by atoms with Crippen molar-refractivity contribution in [1.82, 2.24) is 0 Å². The molecule has 2 aromatic heterocycles. The molecule has 0 unspecified atom stereocenters. The summed E-state index contributed by atoms with van der Waals surface area (Å²) in [5.74, 6) is -0.215. The molecule has 4 rings (SSSR count). The van der Waals surface area contributed by atoms with Gasteiger partial charge in [-0.05, 0) is 18.2 Å². The van der Waals surface area contributed by atoms with Gasteiger partial charge in [0.25, 0.3) is 0 Å². The van der Waals surface area contributed by atoms with Gasteiger partial charge < -0.3 is 13.9 Å².